The molecule has 1 aromatic carbocycles. The van der Waals surface area contributed by atoms with E-state index in [4.69, 9.17) is 21.2 Å². The highest BCUT2D eigenvalue weighted by Crippen LogP contribution is 2.35. The first-order chi connectivity index (χ1) is 15.2. The molecule has 0 fully saturated rings. The molecule has 0 radical (unpaired) electrons. The number of urea groups is 1. The third-order valence-corrected chi connectivity index (χ3v) is 4.45. The van der Waals surface area contributed by atoms with Gasteiger partial charge in [0, 0.05) is 30.3 Å². The van der Waals surface area contributed by atoms with Crippen molar-refractivity contribution >= 4 is 23.7 Å². The average molecular weight is 467 g/mol. The van der Waals surface area contributed by atoms with E-state index in [-0.39, 0.29) is 52.2 Å². The Morgan fingerprint density at radius 2 is 2.00 bits per heavy atom. The smallest absolute Gasteiger partial charge is 0.423 e. The van der Waals surface area contributed by atoms with Crippen LogP contribution in [-0.2, 0) is 6.54 Å². The molecule has 32 heavy (non-hydrogen) atoms. The number of hydrazine groups is 1. The summed E-state index contributed by atoms with van der Waals surface area (Å²) in [5.74, 6) is -1.33. The van der Waals surface area contributed by atoms with E-state index in [2.05, 4.69) is 20.4 Å². The molecule has 2 heterocycles. The second-order valence-corrected chi connectivity index (χ2v) is 6.86. The van der Waals surface area contributed by atoms with E-state index in [1.165, 1.54) is 12.3 Å². The molecule has 0 aliphatic rings. The highest BCUT2D eigenvalue weighted by Gasteiger charge is 2.21. The standard InChI is InChI=1S/C19H17ClF2N6O4/c1-3-28(26-19(30)31)18(29)24-8-15-13(21)4-10(7-23-15)12-5-11(20)6-14(22)16(12)17-25-9(2)32-27-17/h4-7,26H,3,8H2,1-2H3,(H,24,29)(H,30,31). The lowest BCUT2D eigenvalue weighted by molar-refractivity contribution is 0.144. The van der Waals surface area contributed by atoms with E-state index in [0.717, 1.165) is 17.1 Å². The van der Waals surface area contributed by atoms with Gasteiger partial charge in [-0.3, -0.25) is 4.98 Å². The van der Waals surface area contributed by atoms with Crippen LogP contribution in [0.1, 0.15) is 18.5 Å². The maximum Gasteiger partial charge on any atom is 0.423 e. The van der Waals surface area contributed by atoms with Crippen LogP contribution in [0, 0.1) is 18.6 Å². The second-order valence-electron chi connectivity index (χ2n) is 6.42. The Morgan fingerprint density at radius 1 is 1.25 bits per heavy atom. The topological polar surface area (TPSA) is 133 Å². The van der Waals surface area contributed by atoms with Gasteiger partial charge in [-0.2, -0.15) is 4.98 Å². The molecule has 0 aliphatic carbocycles. The molecule has 0 aliphatic heterocycles. The van der Waals surface area contributed by atoms with Crippen molar-refractivity contribution in [1.29, 1.82) is 0 Å². The van der Waals surface area contributed by atoms with Crippen LogP contribution in [0.4, 0.5) is 18.4 Å². The van der Waals surface area contributed by atoms with Crippen LogP contribution in [0.25, 0.3) is 22.5 Å². The number of nitrogens with zero attached hydrogens (tertiary/aromatic N) is 4. The van der Waals surface area contributed by atoms with Gasteiger partial charge in [-0.1, -0.05) is 16.8 Å². The zero-order valence-corrected chi connectivity index (χ0v) is 17.6. The molecule has 0 atom stereocenters. The molecule has 3 aromatic rings. The maximum atomic E-state index is 14.7. The molecule has 0 saturated heterocycles. The Kier molecular flexibility index (Phi) is 6.83. The molecular weight excluding hydrogens is 450 g/mol. The largest absolute Gasteiger partial charge is 0.464 e. The maximum absolute atomic E-state index is 14.7. The number of nitrogens with one attached hydrogen (secondary N) is 2. The van der Waals surface area contributed by atoms with Crippen molar-refractivity contribution in [2.45, 2.75) is 20.4 Å². The molecule has 13 heteroatoms. The van der Waals surface area contributed by atoms with E-state index in [9.17, 15) is 18.4 Å². The van der Waals surface area contributed by atoms with Gasteiger partial charge in [-0.25, -0.2) is 28.8 Å². The summed E-state index contributed by atoms with van der Waals surface area (Å²) < 4.78 is 34.3. The van der Waals surface area contributed by atoms with Gasteiger partial charge >= 0.3 is 12.1 Å². The van der Waals surface area contributed by atoms with Crippen LogP contribution in [0.3, 0.4) is 0 Å². The molecule has 3 amide bonds. The number of amides is 3. The first kappa shape index (κ1) is 22.9. The Bertz CT molecular complexity index is 1170. The third kappa shape index (κ3) is 5.09. The van der Waals surface area contributed by atoms with Gasteiger partial charge in [0.25, 0.3) is 0 Å². The van der Waals surface area contributed by atoms with Gasteiger partial charge < -0.3 is 14.9 Å². The lowest BCUT2D eigenvalue weighted by Crippen LogP contribution is -2.50. The van der Waals surface area contributed by atoms with Crippen molar-refractivity contribution < 1.29 is 28.0 Å². The van der Waals surface area contributed by atoms with Gasteiger partial charge in [-0.05, 0) is 30.7 Å². The predicted octanol–water partition coefficient (Wildman–Crippen LogP) is 3.75. The minimum absolute atomic E-state index is 0.0333. The zero-order chi connectivity index (χ0) is 23.4. The summed E-state index contributed by atoms with van der Waals surface area (Å²) >= 11 is 5.98. The van der Waals surface area contributed by atoms with Crippen molar-refractivity contribution in [3.63, 3.8) is 0 Å². The second kappa shape index (κ2) is 9.56. The van der Waals surface area contributed by atoms with E-state index in [1.807, 2.05) is 5.43 Å². The van der Waals surface area contributed by atoms with Gasteiger partial charge in [0.1, 0.15) is 11.6 Å². The van der Waals surface area contributed by atoms with Gasteiger partial charge in [-0.15, -0.1) is 0 Å². The van der Waals surface area contributed by atoms with Crippen LogP contribution < -0.4 is 10.7 Å². The number of aromatic nitrogens is 3. The number of carbonyl (C=O) groups excluding carboxylic acids is 1. The summed E-state index contributed by atoms with van der Waals surface area (Å²) in [5.41, 5.74) is 2.14. The Labute approximate surface area is 185 Å². The molecule has 0 bridgehead atoms. The minimum atomic E-state index is -1.42. The van der Waals surface area contributed by atoms with Crippen LogP contribution in [0.5, 0.6) is 0 Å². The SMILES string of the molecule is CCN(NC(=O)O)C(=O)NCc1ncc(-c2cc(Cl)cc(F)c2-c2noc(C)n2)cc1F. The number of hydrogen-bond acceptors (Lipinski definition) is 6. The fraction of sp³-hybridized carbons (Fsp3) is 0.211. The summed E-state index contributed by atoms with van der Waals surface area (Å²) in [6.45, 7) is 2.82. The Hall–Kier alpha value is -3.80. The van der Waals surface area contributed by atoms with E-state index < -0.39 is 23.8 Å². The molecular formula is C19H17ClF2N6O4. The molecule has 0 saturated carbocycles. The number of halogens is 3. The molecule has 3 N–H and O–H groups in total. The number of pyridine rings is 1. The average Bonchev–Trinajstić information content (AvgIpc) is 3.15. The number of hydrogen-bond donors (Lipinski definition) is 3. The van der Waals surface area contributed by atoms with Crippen LogP contribution >= 0.6 is 11.6 Å². The highest BCUT2D eigenvalue weighted by atomic mass is 35.5. The van der Waals surface area contributed by atoms with Crippen LogP contribution in [-0.4, -0.2) is 43.9 Å². The zero-order valence-electron chi connectivity index (χ0n) is 16.8. The van der Waals surface area contributed by atoms with Crippen molar-refractivity contribution in [3.8, 4) is 22.5 Å². The lowest BCUT2D eigenvalue weighted by atomic mass is 9.99. The lowest BCUT2D eigenvalue weighted by Gasteiger charge is -2.20. The Balaban J connectivity index is 1.87. The first-order valence-corrected chi connectivity index (χ1v) is 9.56. The monoisotopic (exact) mass is 466 g/mol. The summed E-state index contributed by atoms with van der Waals surface area (Å²) in [6, 6.07) is 2.81. The van der Waals surface area contributed by atoms with Crippen LogP contribution in [0.2, 0.25) is 5.02 Å². The fourth-order valence-corrected chi connectivity index (χ4v) is 3.02. The van der Waals surface area contributed by atoms with Gasteiger partial charge in [0.2, 0.25) is 11.7 Å². The normalized spacial score (nSPS) is 10.7. The molecule has 3 rings (SSSR count). The van der Waals surface area contributed by atoms with Crippen molar-refractivity contribution in [2.24, 2.45) is 0 Å². The molecule has 2 aromatic heterocycles. The quantitative estimate of drug-likeness (QED) is 0.487. The minimum Gasteiger partial charge on any atom is -0.464 e. The van der Waals surface area contributed by atoms with Crippen molar-refractivity contribution in [1.82, 2.24) is 30.9 Å². The number of benzene rings is 1. The molecule has 0 unspecified atom stereocenters. The number of rotatable bonds is 5. The third-order valence-electron chi connectivity index (χ3n) is 4.23. The number of aryl methyl sites for hydroxylation is 1. The summed E-state index contributed by atoms with van der Waals surface area (Å²) in [7, 11) is 0. The number of carboxylic acid groups (broad SMARTS) is 1. The summed E-state index contributed by atoms with van der Waals surface area (Å²) in [4.78, 5) is 30.7. The fourth-order valence-electron chi connectivity index (χ4n) is 2.82. The predicted molar refractivity (Wildman–Crippen MR) is 108 cm³/mol. The molecule has 10 nitrogen and oxygen atoms in total. The molecule has 0 spiro atoms. The Morgan fingerprint density at radius 3 is 2.59 bits per heavy atom. The summed E-state index contributed by atoms with van der Waals surface area (Å²) in [5, 5.41) is 15.7. The van der Waals surface area contributed by atoms with Crippen molar-refractivity contribution in [2.75, 3.05) is 6.54 Å². The van der Waals surface area contributed by atoms with Crippen LogP contribution in [0.15, 0.2) is 28.9 Å². The molecule has 168 valence electrons. The highest BCUT2D eigenvalue weighted by molar-refractivity contribution is 6.31. The van der Waals surface area contributed by atoms with E-state index >= 15 is 0 Å². The van der Waals surface area contributed by atoms with E-state index in [0.29, 0.717) is 0 Å². The van der Waals surface area contributed by atoms with Gasteiger partial charge in [0.15, 0.2) is 0 Å². The van der Waals surface area contributed by atoms with Gasteiger partial charge in [0.05, 0.1) is 17.8 Å². The first-order valence-electron chi connectivity index (χ1n) is 9.19. The number of carbonyl (C=O) groups is 2. The van der Waals surface area contributed by atoms with Crippen molar-refractivity contribution in [3.05, 3.63) is 52.6 Å². The van der Waals surface area contributed by atoms with E-state index in [1.54, 1.807) is 13.8 Å². The summed E-state index contributed by atoms with van der Waals surface area (Å²) in [6.07, 6.45) is -0.142.